The van der Waals surface area contributed by atoms with E-state index in [0.29, 0.717) is 24.5 Å². The van der Waals surface area contributed by atoms with Gasteiger partial charge in [-0.15, -0.1) is 16.4 Å². The average molecular weight is 547 g/mol. The first-order valence-electron chi connectivity index (χ1n) is 13.4. The van der Waals surface area contributed by atoms with Crippen LogP contribution < -0.4 is 5.56 Å². The lowest BCUT2D eigenvalue weighted by atomic mass is 10.0. The zero-order valence-corrected chi connectivity index (χ0v) is 23.1. The first kappa shape index (κ1) is 25.9. The van der Waals surface area contributed by atoms with Crippen LogP contribution >= 0.6 is 11.3 Å². The van der Waals surface area contributed by atoms with Crippen LogP contribution in [-0.4, -0.2) is 36.6 Å². The lowest BCUT2D eigenvalue weighted by Crippen LogP contribution is -2.36. The maximum absolute atomic E-state index is 13.7. The Kier molecular flexibility index (Phi) is 7.61. The molecule has 8 heteroatoms. The van der Waals surface area contributed by atoms with Crippen LogP contribution in [0.25, 0.3) is 10.9 Å². The van der Waals surface area contributed by atoms with Gasteiger partial charge in [-0.1, -0.05) is 78.4 Å². The number of nitrogens with zero attached hydrogens (tertiary/aromatic N) is 5. The quantitative estimate of drug-likeness (QED) is 0.236. The SMILES string of the molecule is Cc1ccc2[nH]c(=O)c([C@H](c3nnnn3Cc3ccccc3)N(CCc3ccccc3)Cc3cccs3)cc2c1. The number of fused-ring (bicyclic) bond motifs is 1. The van der Waals surface area contributed by atoms with Gasteiger partial charge in [-0.05, 0) is 69.9 Å². The van der Waals surface area contributed by atoms with Crippen molar-refractivity contribution in [1.29, 1.82) is 0 Å². The highest BCUT2D eigenvalue weighted by molar-refractivity contribution is 7.09. The topological polar surface area (TPSA) is 79.7 Å². The fourth-order valence-corrected chi connectivity index (χ4v) is 5.87. The van der Waals surface area contributed by atoms with Gasteiger partial charge in [0.2, 0.25) is 0 Å². The largest absolute Gasteiger partial charge is 0.322 e. The van der Waals surface area contributed by atoms with Crippen LogP contribution in [-0.2, 0) is 19.5 Å². The Morgan fingerprint density at radius 2 is 1.70 bits per heavy atom. The smallest absolute Gasteiger partial charge is 0.253 e. The summed E-state index contributed by atoms with van der Waals surface area (Å²) in [7, 11) is 0. The van der Waals surface area contributed by atoms with Crippen molar-refractivity contribution in [2.75, 3.05) is 6.54 Å². The summed E-state index contributed by atoms with van der Waals surface area (Å²) >= 11 is 1.71. The van der Waals surface area contributed by atoms with Gasteiger partial charge in [0, 0.05) is 29.0 Å². The monoisotopic (exact) mass is 546 g/mol. The summed E-state index contributed by atoms with van der Waals surface area (Å²) in [5.41, 5.74) is 4.78. The van der Waals surface area contributed by atoms with Crippen molar-refractivity contribution < 1.29 is 0 Å². The van der Waals surface area contributed by atoms with Crippen LogP contribution in [0.2, 0.25) is 0 Å². The molecule has 200 valence electrons. The molecule has 3 heterocycles. The number of pyridine rings is 1. The Hall–Kier alpha value is -4.40. The van der Waals surface area contributed by atoms with E-state index in [1.807, 2.05) is 47.1 Å². The van der Waals surface area contributed by atoms with E-state index in [2.05, 4.69) is 92.3 Å². The summed E-state index contributed by atoms with van der Waals surface area (Å²) in [4.78, 5) is 20.4. The van der Waals surface area contributed by atoms with Crippen molar-refractivity contribution in [3.63, 3.8) is 0 Å². The summed E-state index contributed by atoms with van der Waals surface area (Å²) in [5.74, 6) is 0.644. The first-order chi connectivity index (χ1) is 19.6. The Bertz CT molecular complexity index is 1750. The summed E-state index contributed by atoms with van der Waals surface area (Å²) in [6.07, 6.45) is 0.827. The number of hydrogen-bond donors (Lipinski definition) is 1. The molecule has 3 aromatic heterocycles. The maximum Gasteiger partial charge on any atom is 0.253 e. The number of H-pyrrole nitrogens is 1. The number of tetrazole rings is 1. The highest BCUT2D eigenvalue weighted by atomic mass is 32.1. The Morgan fingerprint density at radius 1 is 0.925 bits per heavy atom. The van der Waals surface area contributed by atoms with Crippen molar-refractivity contribution in [1.82, 2.24) is 30.1 Å². The maximum atomic E-state index is 13.7. The van der Waals surface area contributed by atoms with Gasteiger partial charge >= 0.3 is 0 Å². The minimum atomic E-state index is -0.460. The zero-order chi connectivity index (χ0) is 27.3. The van der Waals surface area contributed by atoms with E-state index in [9.17, 15) is 4.79 Å². The van der Waals surface area contributed by atoms with E-state index in [1.165, 1.54) is 10.4 Å². The van der Waals surface area contributed by atoms with Crippen LogP contribution in [0.4, 0.5) is 0 Å². The summed E-state index contributed by atoms with van der Waals surface area (Å²) in [6.45, 7) is 3.95. The molecule has 1 atom stereocenters. The molecule has 6 rings (SSSR count). The van der Waals surface area contributed by atoms with E-state index in [4.69, 9.17) is 0 Å². The highest BCUT2D eigenvalue weighted by Gasteiger charge is 2.31. The zero-order valence-electron chi connectivity index (χ0n) is 22.3. The molecule has 7 nitrogen and oxygen atoms in total. The molecule has 0 fully saturated rings. The molecule has 1 N–H and O–H groups in total. The van der Waals surface area contributed by atoms with Crippen LogP contribution in [0, 0.1) is 6.92 Å². The molecule has 0 amide bonds. The number of aromatic nitrogens is 5. The van der Waals surface area contributed by atoms with E-state index >= 15 is 0 Å². The van der Waals surface area contributed by atoms with Crippen molar-refractivity contribution in [2.24, 2.45) is 0 Å². The predicted molar refractivity (Wildman–Crippen MR) is 159 cm³/mol. The van der Waals surface area contributed by atoms with Crippen molar-refractivity contribution in [3.05, 3.63) is 146 Å². The van der Waals surface area contributed by atoms with Gasteiger partial charge in [0.1, 0.15) is 6.04 Å². The molecule has 0 radical (unpaired) electrons. The number of rotatable bonds is 10. The van der Waals surface area contributed by atoms with Gasteiger partial charge < -0.3 is 4.98 Å². The lowest BCUT2D eigenvalue weighted by Gasteiger charge is -2.31. The van der Waals surface area contributed by atoms with E-state index < -0.39 is 6.04 Å². The summed E-state index contributed by atoms with van der Waals surface area (Å²) < 4.78 is 1.82. The standard InChI is InChI=1S/C32H30N6OS/c1-23-14-15-29-26(19-23)20-28(32(39)33-29)30(31-34-35-36-38(31)21-25-11-6-3-7-12-25)37(22-27-13-8-18-40-27)17-16-24-9-4-2-5-10-24/h2-15,18-20,30H,16-17,21-22H2,1H3,(H,33,39)/t30-/m1/s1. The number of hydrogen-bond acceptors (Lipinski definition) is 6. The first-order valence-corrected chi connectivity index (χ1v) is 14.3. The normalized spacial score (nSPS) is 12.2. The molecule has 40 heavy (non-hydrogen) atoms. The number of aryl methyl sites for hydroxylation is 1. The van der Waals surface area contributed by atoms with Gasteiger partial charge in [0.15, 0.2) is 5.82 Å². The number of aromatic amines is 1. The molecule has 0 spiro atoms. The highest BCUT2D eigenvalue weighted by Crippen LogP contribution is 2.30. The molecule has 0 saturated heterocycles. The fraction of sp³-hybridized carbons (Fsp3) is 0.188. The van der Waals surface area contributed by atoms with Crippen molar-refractivity contribution in [2.45, 2.75) is 32.5 Å². The molecule has 0 bridgehead atoms. The van der Waals surface area contributed by atoms with Gasteiger partial charge in [-0.25, -0.2) is 4.68 Å². The third-order valence-corrected chi connectivity index (χ3v) is 8.00. The third kappa shape index (κ3) is 5.78. The molecule has 0 aliphatic heterocycles. The van der Waals surface area contributed by atoms with Gasteiger partial charge in [0.05, 0.1) is 6.54 Å². The Morgan fingerprint density at radius 3 is 2.45 bits per heavy atom. The molecule has 0 aliphatic rings. The fourth-order valence-electron chi connectivity index (χ4n) is 5.14. The molecule has 0 saturated carbocycles. The average Bonchev–Trinajstić information content (AvgIpc) is 3.66. The van der Waals surface area contributed by atoms with Crippen LogP contribution in [0.3, 0.4) is 0 Å². The number of benzene rings is 3. The summed E-state index contributed by atoms with van der Waals surface area (Å²) in [6, 6.07) is 32.4. The van der Waals surface area contributed by atoms with Gasteiger partial charge in [-0.2, -0.15) is 0 Å². The van der Waals surface area contributed by atoms with E-state index in [-0.39, 0.29) is 5.56 Å². The van der Waals surface area contributed by atoms with Crippen LogP contribution in [0.1, 0.15) is 39.0 Å². The van der Waals surface area contributed by atoms with Crippen molar-refractivity contribution in [3.8, 4) is 0 Å². The third-order valence-electron chi connectivity index (χ3n) is 7.14. The second-order valence-electron chi connectivity index (χ2n) is 10.0. The van der Waals surface area contributed by atoms with Gasteiger partial charge in [-0.3, -0.25) is 9.69 Å². The van der Waals surface area contributed by atoms with Crippen molar-refractivity contribution >= 4 is 22.2 Å². The molecule has 0 aliphatic carbocycles. The molecule has 0 unspecified atom stereocenters. The van der Waals surface area contributed by atoms with Crippen LogP contribution in [0.15, 0.2) is 107 Å². The summed E-state index contributed by atoms with van der Waals surface area (Å²) in [5, 5.41) is 16.1. The van der Waals surface area contributed by atoms with Gasteiger partial charge in [0.25, 0.3) is 5.56 Å². The molecule has 3 aromatic carbocycles. The second-order valence-corrected chi connectivity index (χ2v) is 11.0. The predicted octanol–water partition coefficient (Wildman–Crippen LogP) is 5.77. The second kappa shape index (κ2) is 11.8. The van der Waals surface area contributed by atoms with E-state index in [1.54, 1.807) is 11.3 Å². The molecular weight excluding hydrogens is 516 g/mol. The molecular formula is C32H30N6OS. The Labute approximate surface area is 236 Å². The minimum Gasteiger partial charge on any atom is -0.322 e. The lowest BCUT2D eigenvalue weighted by molar-refractivity contribution is 0.207. The number of nitrogens with one attached hydrogen (secondary N) is 1. The minimum absolute atomic E-state index is 0.133. The number of thiophene rings is 1. The van der Waals surface area contributed by atoms with E-state index in [0.717, 1.165) is 35.0 Å². The van der Waals surface area contributed by atoms with Crippen LogP contribution in [0.5, 0.6) is 0 Å². The molecule has 6 aromatic rings. The Balaban J connectivity index is 1.48.